The van der Waals surface area contributed by atoms with Gasteiger partial charge in [-0.05, 0) is 31.0 Å². The Bertz CT molecular complexity index is 434. The second-order valence-electron chi connectivity index (χ2n) is 4.13. The number of ether oxygens (including phenoxy) is 1. The molecule has 1 atom stereocenters. The zero-order valence-electron chi connectivity index (χ0n) is 11.1. The van der Waals surface area contributed by atoms with E-state index >= 15 is 0 Å². The fourth-order valence-electron chi connectivity index (χ4n) is 1.68. The summed E-state index contributed by atoms with van der Waals surface area (Å²) in [6.45, 7) is 8.13. The SMILES string of the molecule is C=C(O)C[C@H](C#CC)c1ccc(OCCC)cc1. The molecule has 2 nitrogen and oxygen atoms in total. The van der Waals surface area contributed by atoms with Crippen LogP contribution in [0.4, 0.5) is 0 Å². The number of aliphatic hydroxyl groups excluding tert-OH is 1. The Morgan fingerprint density at radius 2 is 2.06 bits per heavy atom. The molecule has 0 unspecified atom stereocenters. The van der Waals surface area contributed by atoms with Gasteiger partial charge in [-0.1, -0.05) is 31.6 Å². The minimum absolute atomic E-state index is 0.00674. The summed E-state index contributed by atoms with van der Waals surface area (Å²) in [5.41, 5.74) is 1.07. The van der Waals surface area contributed by atoms with Gasteiger partial charge in [0.1, 0.15) is 5.75 Å². The van der Waals surface area contributed by atoms with Crippen molar-refractivity contribution in [2.75, 3.05) is 6.61 Å². The van der Waals surface area contributed by atoms with Gasteiger partial charge in [0.25, 0.3) is 0 Å². The highest BCUT2D eigenvalue weighted by Gasteiger charge is 2.10. The zero-order chi connectivity index (χ0) is 13.4. The highest BCUT2D eigenvalue weighted by Crippen LogP contribution is 2.24. The van der Waals surface area contributed by atoms with Crippen molar-refractivity contribution in [1.82, 2.24) is 0 Å². The predicted molar refractivity (Wildman–Crippen MR) is 74.8 cm³/mol. The molecule has 0 saturated heterocycles. The van der Waals surface area contributed by atoms with E-state index in [-0.39, 0.29) is 11.7 Å². The molecular weight excluding hydrogens is 224 g/mol. The van der Waals surface area contributed by atoms with E-state index < -0.39 is 0 Å². The first-order chi connectivity index (χ1) is 8.67. The number of allylic oxidation sites excluding steroid dienone is 1. The van der Waals surface area contributed by atoms with E-state index in [0.717, 1.165) is 24.3 Å². The van der Waals surface area contributed by atoms with Crippen molar-refractivity contribution in [3.8, 4) is 17.6 Å². The Morgan fingerprint density at radius 3 is 2.56 bits per heavy atom. The highest BCUT2D eigenvalue weighted by atomic mass is 16.5. The van der Waals surface area contributed by atoms with Crippen molar-refractivity contribution < 1.29 is 9.84 Å². The molecule has 0 aliphatic heterocycles. The van der Waals surface area contributed by atoms with Crippen molar-refractivity contribution in [2.45, 2.75) is 32.6 Å². The van der Waals surface area contributed by atoms with Gasteiger partial charge in [0.15, 0.2) is 0 Å². The maximum atomic E-state index is 9.29. The maximum Gasteiger partial charge on any atom is 0.119 e. The minimum Gasteiger partial charge on any atom is -0.513 e. The number of hydrogen-bond acceptors (Lipinski definition) is 2. The second-order valence-corrected chi connectivity index (χ2v) is 4.13. The molecule has 0 bridgehead atoms. The van der Waals surface area contributed by atoms with Gasteiger partial charge in [-0.25, -0.2) is 0 Å². The molecule has 1 N–H and O–H groups in total. The van der Waals surface area contributed by atoms with Crippen LogP contribution in [0.15, 0.2) is 36.6 Å². The molecule has 1 rings (SSSR count). The maximum absolute atomic E-state index is 9.29. The molecule has 0 aliphatic carbocycles. The number of hydrogen-bond donors (Lipinski definition) is 1. The van der Waals surface area contributed by atoms with Crippen LogP contribution >= 0.6 is 0 Å². The standard InChI is InChI=1S/C16H20O2/c1-4-6-15(12-13(3)17)14-7-9-16(10-8-14)18-11-5-2/h7-10,15,17H,3,5,11-12H2,1-2H3/t15-/m0/s1. The van der Waals surface area contributed by atoms with Gasteiger partial charge in [0.05, 0.1) is 18.3 Å². The third-order valence-electron chi connectivity index (χ3n) is 2.51. The zero-order valence-corrected chi connectivity index (χ0v) is 11.1. The molecule has 0 spiro atoms. The second kappa shape index (κ2) is 7.45. The van der Waals surface area contributed by atoms with Crippen molar-refractivity contribution in [2.24, 2.45) is 0 Å². The van der Waals surface area contributed by atoms with Crippen LogP contribution in [0.5, 0.6) is 5.75 Å². The van der Waals surface area contributed by atoms with Crippen LogP contribution < -0.4 is 4.74 Å². The largest absolute Gasteiger partial charge is 0.513 e. The Labute approximate surface area is 109 Å². The van der Waals surface area contributed by atoms with Crippen LogP contribution in [-0.4, -0.2) is 11.7 Å². The number of rotatable bonds is 6. The molecule has 2 heteroatoms. The normalized spacial score (nSPS) is 11.2. The van der Waals surface area contributed by atoms with E-state index in [0.29, 0.717) is 6.42 Å². The van der Waals surface area contributed by atoms with E-state index in [9.17, 15) is 5.11 Å². The summed E-state index contributed by atoms with van der Waals surface area (Å²) in [6, 6.07) is 7.86. The molecule has 96 valence electrons. The summed E-state index contributed by atoms with van der Waals surface area (Å²) in [4.78, 5) is 0. The van der Waals surface area contributed by atoms with E-state index in [1.807, 2.05) is 24.3 Å². The lowest BCUT2D eigenvalue weighted by Crippen LogP contribution is -1.99. The van der Waals surface area contributed by atoms with Gasteiger partial charge < -0.3 is 9.84 Å². The molecule has 0 fully saturated rings. The van der Waals surface area contributed by atoms with Crippen molar-refractivity contribution >= 4 is 0 Å². The van der Waals surface area contributed by atoms with Gasteiger partial charge in [-0.2, -0.15) is 0 Å². The molecule has 1 aromatic carbocycles. The molecule has 0 saturated carbocycles. The summed E-state index contributed by atoms with van der Waals surface area (Å²) in [7, 11) is 0. The average Bonchev–Trinajstić information content (AvgIpc) is 2.36. The molecule has 1 aromatic rings. The van der Waals surface area contributed by atoms with Crippen LogP contribution in [0.3, 0.4) is 0 Å². The van der Waals surface area contributed by atoms with Crippen molar-refractivity contribution in [3.63, 3.8) is 0 Å². The van der Waals surface area contributed by atoms with E-state index in [1.54, 1.807) is 6.92 Å². The highest BCUT2D eigenvalue weighted by molar-refractivity contribution is 5.34. The topological polar surface area (TPSA) is 29.5 Å². The van der Waals surface area contributed by atoms with Gasteiger partial charge in [0, 0.05) is 6.42 Å². The third-order valence-corrected chi connectivity index (χ3v) is 2.51. The lowest BCUT2D eigenvalue weighted by Gasteiger charge is -2.11. The third kappa shape index (κ3) is 4.55. The van der Waals surface area contributed by atoms with E-state index in [2.05, 4.69) is 25.3 Å². The van der Waals surface area contributed by atoms with E-state index in [1.165, 1.54) is 0 Å². The van der Waals surface area contributed by atoms with Gasteiger partial charge in [-0.3, -0.25) is 0 Å². The molecule has 0 amide bonds. The Balaban J connectivity index is 2.78. The molecule has 0 heterocycles. The average molecular weight is 244 g/mol. The lowest BCUT2D eigenvalue weighted by atomic mass is 9.95. The first-order valence-corrected chi connectivity index (χ1v) is 6.19. The van der Waals surface area contributed by atoms with Crippen molar-refractivity contribution in [3.05, 3.63) is 42.2 Å². The molecule has 0 aliphatic rings. The van der Waals surface area contributed by atoms with Gasteiger partial charge in [-0.15, -0.1) is 5.92 Å². The fourth-order valence-corrected chi connectivity index (χ4v) is 1.68. The minimum atomic E-state index is -0.00674. The molecule has 0 aromatic heterocycles. The van der Waals surface area contributed by atoms with Gasteiger partial charge >= 0.3 is 0 Å². The van der Waals surface area contributed by atoms with Crippen molar-refractivity contribution in [1.29, 1.82) is 0 Å². The molecule has 18 heavy (non-hydrogen) atoms. The predicted octanol–water partition coefficient (Wildman–Crippen LogP) is 4.04. The summed E-state index contributed by atoms with van der Waals surface area (Å²) in [6.07, 6.45) is 1.46. The van der Waals surface area contributed by atoms with Crippen LogP contribution in [0.2, 0.25) is 0 Å². The fraction of sp³-hybridized carbons (Fsp3) is 0.375. The van der Waals surface area contributed by atoms with Crippen LogP contribution in [0, 0.1) is 11.8 Å². The first kappa shape index (κ1) is 14.2. The summed E-state index contributed by atoms with van der Waals surface area (Å²) in [5.74, 6) is 6.99. The monoisotopic (exact) mass is 244 g/mol. The number of aliphatic hydroxyl groups is 1. The van der Waals surface area contributed by atoms with E-state index in [4.69, 9.17) is 4.74 Å². The molecular formula is C16H20O2. The van der Waals surface area contributed by atoms with Crippen LogP contribution in [0.25, 0.3) is 0 Å². The van der Waals surface area contributed by atoms with Gasteiger partial charge in [0.2, 0.25) is 0 Å². The molecule has 0 radical (unpaired) electrons. The summed E-state index contributed by atoms with van der Waals surface area (Å²) in [5, 5.41) is 9.29. The summed E-state index contributed by atoms with van der Waals surface area (Å²) < 4.78 is 5.53. The van der Waals surface area contributed by atoms with Crippen LogP contribution in [-0.2, 0) is 0 Å². The smallest absolute Gasteiger partial charge is 0.119 e. The number of benzene rings is 1. The Hall–Kier alpha value is -1.88. The summed E-state index contributed by atoms with van der Waals surface area (Å²) >= 11 is 0. The van der Waals surface area contributed by atoms with Crippen LogP contribution in [0.1, 0.15) is 38.2 Å². The quantitative estimate of drug-likeness (QED) is 0.604. The Kier molecular flexibility index (Phi) is 5.87. The lowest BCUT2D eigenvalue weighted by molar-refractivity contribution is 0.317. The first-order valence-electron chi connectivity index (χ1n) is 6.19. The Morgan fingerprint density at radius 1 is 1.39 bits per heavy atom.